The molecule has 1 aromatic rings. The number of benzene rings is 1. The molecule has 0 spiro atoms. The summed E-state index contributed by atoms with van der Waals surface area (Å²) in [6.07, 6.45) is 4.57. The van der Waals surface area contributed by atoms with Gasteiger partial charge in [0.05, 0.1) is 6.10 Å². The van der Waals surface area contributed by atoms with Gasteiger partial charge in [-0.3, -0.25) is 0 Å². The van der Waals surface area contributed by atoms with Crippen LogP contribution in [0.5, 0.6) is 0 Å². The molecule has 0 saturated heterocycles. The van der Waals surface area contributed by atoms with Crippen LogP contribution >= 0.6 is 0 Å². The summed E-state index contributed by atoms with van der Waals surface area (Å²) in [5.41, 5.74) is 2.40. The van der Waals surface area contributed by atoms with Gasteiger partial charge >= 0.3 is 0 Å². The van der Waals surface area contributed by atoms with E-state index in [4.69, 9.17) is 0 Å². The third-order valence-corrected chi connectivity index (χ3v) is 4.84. The number of hydrogen-bond acceptors (Lipinski definition) is 2. The largest absolute Gasteiger partial charge is 0.388 e. The number of para-hydroxylation sites is 1. The predicted octanol–water partition coefficient (Wildman–Crippen LogP) is 3.75. The molecule has 0 bridgehead atoms. The highest BCUT2D eigenvalue weighted by Crippen LogP contribution is 2.39. The molecule has 3 atom stereocenters. The summed E-state index contributed by atoms with van der Waals surface area (Å²) >= 11 is 0. The molecule has 0 aromatic heterocycles. The van der Waals surface area contributed by atoms with Crippen LogP contribution < -0.4 is 4.90 Å². The van der Waals surface area contributed by atoms with Crippen molar-refractivity contribution >= 4 is 5.69 Å². The van der Waals surface area contributed by atoms with Gasteiger partial charge in [0.25, 0.3) is 0 Å². The minimum atomic E-state index is -0.272. The summed E-state index contributed by atoms with van der Waals surface area (Å²) in [6.45, 7) is 5.77. The summed E-state index contributed by atoms with van der Waals surface area (Å²) in [5.74, 6) is 1.65. The molecule has 3 rings (SSSR count). The molecule has 104 valence electrons. The van der Waals surface area contributed by atoms with Crippen LogP contribution in [0, 0.1) is 11.8 Å². The van der Waals surface area contributed by atoms with Crippen LogP contribution in [0.1, 0.15) is 51.2 Å². The molecule has 3 unspecified atom stereocenters. The zero-order valence-electron chi connectivity index (χ0n) is 12.0. The molecule has 2 heteroatoms. The maximum absolute atomic E-state index is 10.2. The predicted molar refractivity (Wildman–Crippen MR) is 79.3 cm³/mol. The summed E-state index contributed by atoms with van der Waals surface area (Å²) in [5, 5.41) is 10.2. The minimum absolute atomic E-state index is 0.272. The van der Waals surface area contributed by atoms with Crippen molar-refractivity contribution in [3.8, 4) is 0 Å². The highest BCUT2D eigenvalue weighted by Gasteiger charge is 2.32. The SMILES string of the molecule is CC1CC(C)CC(N2CCC(O)c3ccccc32)C1. The van der Waals surface area contributed by atoms with E-state index < -0.39 is 0 Å². The Hall–Kier alpha value is -1.02. The third-order valence-electron chi connectivity index (χ3n) is 4.84. The van der Waals surface area contributed by atoms with E-state index in [2.05, 4.69) is 36.9 Å². The second kappa shape index (κ2) is 5.16. The van der Waals surface area contributed by atoms with E-state index in [1.165, 1.54) is 24.9 Å². The van der Waals surface area contributed by atoms with E-state index in [-0.39, 0.29) is 6.10 Å². The Bertz CT molecular complexity index is 435. The van der Waals surface area contributed by atoms with Gasteiger partial charge < -0.3 is 10.0 Å². The highest BCUT2D eigenvalue weighted by atomic mass is 16.3. The molecule has 19 heavy (non-hydrogen) atoms. The second-order valence-electron chi connectivity index (χ2n) is 6.63. The molecule has 1 N–H and O–H groups in total. The van der Waals surface area contributed by atoms with E-state index in [0.29, 0.717) is 6.04 Å². The van der Waals surface area contributed by atoms with Crippen LogP contribution in [0.3, 0.4) is 0 Å². The van der Waals surface area contributed by atoms with Gasteiger partial charge in [-0.2, -0.15) is 0 Å². The van der Waals surface area contributed by atoms with Gasteiger partial charge in [0.2, 0.25) is 0 Å². The van der Waals surface area contributed by atoms with E-state index in [1.807, 2.05) is 6.07 Å². The Morgan fingerprint density at radius 1 is 1.05 bits per heavy atom. The van der Waals surface area contributed by atoms with Crippen molar-refractivity contribution in [3.63, 3.8) is 0 Å². The van der Waals surface area contributed by atoms with Gasteiger partial charge in [-0.25, -0.2) is 0 Å². The normalized spacial score (nSPS) is 35.0. The van der Waals surface area contributed by atoms with E-state index in [1.54, 1.807) is 0 Å². The van der Waals surface area contributed by atoms with Gasteiger partial charge in [0.15, 0.2) is 0 Å². The topological polar surface area (TPSA) is 23.5 Å². The van der Waals surface area contributed by atoms with E-state index in [9.17, 15) is 5.11 Å². The fourth-order valence-electron chi connectivity index (χ4n) is 4.11. The Balaban J connectivity index is 1.88. The van der Waals surface area contributed by atoms with Crippen molar-refractivity contribution < 1.29 is 5.11 Å². The lowest BCUT2D eigenvalue weighted by Gasteiger charge is -2.44. The van der Waals surface area contributed by atoms with Crippen molar-refractivity contribution in [2.45, 2.75) is 51.7 Å². The molecule has 2 nitrogen and oxygen atoms in total. The lowest BCUT2D eigenvalue weighted by Crippen LogP contribution is -2.43. The number of anilines is 1. The maximum atomic E-state index is 10.2. The lowest BCUT2D eigenvalue weighted by molar-refractivity contribution is 0.158. The monoisotopic (exact) mass is 259 g/mol. The molecule has 1 aromatic carbocycles. The summed E-state index contributed by atoms with van der Waals surface area (Å²) in [4.78, 5) is 2.56. The molecule has 0 amide bonds. The van der Waals surface area contributed by atoms with Crippen molar-refractivity contribution in [1.82, 2.24) is 0 Å². The van der Waals surface area contributed by atoms with Crippen molar-refractivity contribution in [2.24, 2.45) is 11.8 Å². The third kappa shape index (κ3) is 2.51. The number of aliphatic hydroxyl groups excluding tert-OH is 1. The van der Waals surface area contributed by atoms with Crippen LogP contribution in [0.4, 0.5) is 5.69 Å². The van der Waals surface area contributed by atoms with Gasteiger partial charge in [-0.05, 0) is 43.6 Å². The Morgan fingerprint density at radius 2 is 1.74 bits per heavy atom. The number of rotatable bonds is 1. The Kier molecular flexibility index (Phi) is 3.53. The molecule has 2 aliphatic rings. The maximum Gasteiger partial charge on any atom is 0.0826 e. The van der Waals surface area contributed by atoms with Crippen molar-refractivity contribution in [3.05, 3.63) is 29.8 Å². The Morgan fingerprint density at radius 3 is 2.47 bits per heavy atom. The first-order valence-electron chi connectivity index (χ1n) is 7.68. The standard InChI is InChI=1S/C17H25NO/c1-12-9-13(2)11-14(10-12)18-8-7-17(19)15-5-3-4-6-16(15)18/h3-6,12-14,17,19H,7-11H2,1-2H3. The highest BCUT2D eigenvalue weighted by molar-refractivity contribution is 5.57. The average Bonchev–Trinajstić information content (AvgIpc) is 2.38. The fourth-order valence-corrected chi connectivity index (χ4v) is 4.11. The molecule has 1 heterocycles. The molecule has 0 radical (unpaired) electrons. The Labute approximate surface area is 116 Å². The molecule has 1 aliphatic heterocycles. The second-order valence-corrected chi connectivity index (χ2v) is 6.63. The van der Waals surface area contributed by atoms with Crippen molar-refractivity contribution in [1.29, 1.82) is 0 Å². The first kappa shape index (κ1) is 13.0. The van der Waals surface area contributed by atoms with Gasteiger partial charge in [0.1, 0.15) is 0 Å². The molecule has 1 aliphatic carbocycles. The summed E-state index contributed by atoms with van der Waals surface area (Å²) in [7, 11) is 0. The van der Waals surface area contributed by atoms with E-state index in [0.717, 1.165) is 30.4 Å². The number of nitrogens with zero attached hydrogens (tertiary/aromatic N) is 1. The fraction of sp³-hybridized carbons (Fsp3) is 0.647. The lowest BCUT2D eigenvalue weighted by atomic mass is 9.79. The summed E-state index contributed by atoms with van der Waals surface area (Å²) < 4.78 is 0. The number of hydrogen-bond donors (Lipinski definition) is 1. The van der Waals surface area contributed by atoms with Crippen LogP contribution in [-0.4, -0.2) is 17.7 Å². The first-order chi connectivity index (χ1) is 9.15. The van der Waals surface area contributed by atoms with Crippen LogP contribution in [0.15, 0.2) is 24.3 Å². The molecular weight excluding hydrogens is 234 g/mol. The van der Waals surface area contributed by atoms with Gasteiger partial charge in [-0.1, -0.05) is 32.0 Å². The minimum Gasteiger partial charge on any atom is -0.388 e. The summed E-state index contributed by atoms with van der Waals surface area (Å²) in [6, 6.07) is 9.06. The smallest absolute Gasteiger partial charge is 0.0826 e. The van der Waals surface area contributed by atoms with E-state index >= 15 is 0 Å². The molecular formula is C17H25NO. The van der Waals surface area contributed by atoms with Crippen LogP contribution in [-0.2, 0) is 0 Å². The van der Waals surface area contributed by atoms with Crippen LogP contribution in [0.2, 0.25) is 0 Å². The van der Waals surface area contributed by atoms with Crippen molar-refractivity contribution in [2.75, 3.05) is 11.4 Å². The number of fused-ring (bicyclic) bond motifs is 1. The van der Waals surface area contributed by atoms with Gasteiger partial charge in [0, 0.05) is 23.8 Å². The number of aliphatic hydroxyl groups is 1. The van der Waals surface area contributed by atoms with Crippen LogP contribution in [0.25, 0.3) is 0 Å². The first-order valence-corrected chi connectivity index (χ1v) is 7.68. The molecule has 1 saturated carbocycles. The zero-order chi connectivity index (χ0) is 13.4. The van der Waals surface area contributed by atoms with Gasteiger partial charge in [-0.15, -0.1) is 0 Å². The zero-order valence-corrected chi connectivity index (χ0v) is 12.0. The molecule has 1 fully saturated rings. The average molecular weight is 259 g/mol. The quantitative estimate of drug-likeness (QED) is 0.830.